The first-order valence-corrected chi connectivity index (χ1v) is 8.00. The van der Waals surface area contributed by atoms with Crippen LogP contribution in [0.5, 0.6) is 0 Å². The van der Waals surface area contributed by atoms with Crippen LogP contribution in [0.2, 0.25) is 0 Å². The molecule has 0 unspecified atom stereocenters. The highest BCUT2D eigenvalue weighted by Crippen LogP contribution is 2.27. The Balaban J connectivity index is 2.70. The molecule has 3 nitrogen and oxygen atoms in total. The predicted octanol–water partition coefficient (Wildman–Crippen LogP) is 3.53. The quantitative estimate of drug-likeness (QED) is 0.745. The van der Waals surface area contributed by atoms with Gasteiger partial charge in [0.25, 0.3) is 0 Å². The normalized spacial score (nSPS) is 12.6. The fourth-order valence-corrected chi connectivity index (χ4v) is 1.88. The minimum absolute atomic E-state index is 0.364. The molecule has 22 heavy (non-hydrogen) atoms. The first-order chi connectivity index (χ1) is 10.1. The number of benzene rings is 1. The Kier molecular flexibility index (Phi) is 6.51. The van der Waals surface area contributed by atoms with Gasteiger partial charge in [0.05, 0.1) is 11.2 Å². The van der Waals surface area contributed by atoms with E-state index in [1.165, 1.54) is 11.3 Å². The first kappa shape index (κ1) is 19.1. The van der Waals surface area contributed by atoms with Gasteiger partial charge in [-0.2, -0.15) is 0 Å². The van der Waals surface area contributed by atoms with E-state index in [0.29, 0.717) is 5.92 Å². The summed E-state index contributed by atoms with van der Waals surface area (Å²) in [5.41, 5.74) is 2.69. The molecule has 1 aromatic carbocycles. The van der Waals surface area contributed by atoms with Crippen molar-refractivity contribution in [3.63, 3.8) is 0 Å². The number of nitrogens with one attached hydrogen (secondary N) is 1. The van der Waals surface area contributed by atoms with Crippen LogP contribution in [0.25, 0.3) is 0 Å². The van der Waals surface area contributed by atoms with Gasteiger partial charge in [0.1, 0.15) is 0 Å². The molecule has 1 N–H and O–H groups in total. The molecule has 0 heterocycles. The Morgan fingerprint density at radius 3 is 2.27 bits per heavy atom. The lowest BCUT2D eigenvalue weighted by Gasteiger charge is -2.40. The molecule has 0 aliphatic heterocycles. The third kappa shape index (κ3) is 5.03. The van der Waals surface area contributed by atoms with Crippen LogP contribution in [0.15, 0.2) is 18.2 Å². The second-order valence-electron chi connectivity index (χ2n) is 7.31. The largest absolute Gasteiger partial charge is 0.427 e. The molecule has 0 aliphatic carbocycles. The number of aryl methyl sites for hydroxylation is 1. The van der Waals surface area contributed by atoms with Crippen molar-refractivity contribution in [3.05, 3.63) is 23.8 Å². The van der Waals surface area contributed by atoms with Gasteiger partial charge in [-0.1, -0.05) is 31.4 Å². The molecule has 1 rings (SSSR count). The lowest BCUT2D eigenvalue weighted by atomic mass is 9.82. The van der Waals surface area contributed by atoms with E-state index in [1.54, 1.807) is 7.11 Å². The van der Waals surface area contributed by atoms with E-state index in [-0.39, 0.29) is 5.60 Å². The summed E-state index contributed by atoms with van der Waals surface area (Å²) in [6.45, 7) is 15.7. The number of rotatable bonds is 8. The Morgan fingerprint density at radius 2 is 1.77 bits per heavy atom. The number of ether oxygens (including phenoxy) is 1. The van der Waals surface area contributed by atoms with Gasteiger partial charge >= 0.3 is 7.48 Å². The molecule has 123 valence electrons. The van der Waals surface area contributed by atoms with E-state index < -0.39 is 5.60 Å². The maximum Gasteiger partial charge on any atom is 0.330 e. The summed E-state index contributed by atoms with van der Waals surface area (Å²) < 4.78 is 11.5. The molecule has 0 saturated heterocycles. The van der Waals surface area contributed by atoms with E-state index in [1.807, 2.05) is 35.2 Å². The third-order valence-electron chi connectivity index (χ3n) is 4.40. The van der Waals surface area contributed by atoms with Crippen molar-refractivity contribution >= 4 is 18.6 Å². The number of anilines is 1. The third-order valence-corrected chi connectivity index (χ3v) is 4.40. The van der Waals surface area contributed by atoms with Crippen LogP contribution in [0.3, 0.4) is 0 Å². The number of methoxy groups -OCH3 is 1. The van der Waals surface area contributed by atoms with Crippen molar-refractivity contribution in [2.75, 3.05) is 19.0 Å². The molecule has 0 aliphatic rings. The smallest absolute Gasteiger partial charge is 0.330 e. The van der Waals surface area contributed by atoms with Crippen molar-refractivity contribution in [1.29, 1.82) is 0 Å². The summed E-state index contributed by atoms with van der Waals surface area (Å²) in [4.78, 5) is 0. The van der Waals surface area contributed by atoms with Gasteiger partial charge in [0.15, 0.2) is 0 Å². The molecule has 0 fully saturated rings. The highest BCUT2D eigenvalue weighted by molar-refractivity contribution is 6.47. The van der Waals surface area contributed by atoms with Crippen molar-refractivity contribution < 1.29 is 9.39 Å². The number of hydrogen-bond acceptors (Lipinski definition) is 3. The molecule has 1 aromatic rings. The summed E-state index contributed by atoms with van der Waals surface area (Å²) >= 11 is 0. The predicted molar refractivity (Wildman–Crippen MR) is 96.1 cm³/mol. The lowest BCUT2D eigenvalue weighted by molar-refractivity contribution is -0.114. The number of hydrogen-bond donors (Lipinski definition) is 1. The van der Waals surface area contributed by atoms with Gasteiger partial charge < -0.3 is 14.7 Å². The zero-order chi connectivity index (χ0) is 17.0. The van der Waals surface area contributed by atoms with Crippen LogP contribution in [0, 0.1) is 12.8 Å². The van der Waals surface area contributed by atoms with E-state index >= 15 is 0 Å². The summed E-state index contributed by atoms with van der Waals surface area (Å²) in [6, 6.07) is 6.32. The van der Waals surface area contributed by atoms with Crippen LogP contribution < -0.4 is 10.8 Å². The summed E-state index contributed by atoms with van der Waals surface area (Å²) in [5.74, 6) is 0.631. The van der Waals surface area contributed by atoms with Crippen molar-refractivity contribution in [3.8, 4) is 0 Å². The van der Waals surface area contributed by atoms with Crippen LogP contribution in [0.4, 0.5) is 5.69 Å². The summed E-state index contributed by atoms with van der Waals surface area (Å²) in [5, 5.41) is 3.47. The fourth-order valence-electron chi connectivity index (χ4n) is 1.88. The van der Waals surface area contributed by atoms with Gasteiger partial charge in [-0.05, 0) is 52.2 Å². The molecular formula is C18H31BNO2. The molecule has 0 spiro atoms. The van der Waals surface area contributed by atoms with Crippen molar-refractivity contribution in [2.45, 2.75) is 59.7 Å². The van der Waals surface area contributed by atoms with Crippen molar-refractivity contribution in [2.24, 2.45) is 5.92 Å². The van der Waals surface area contributed by atoms with E-state index in [2.05, 4.69) is 44.3 Å². The standard InChI is InChI=1S/C18H31BNO2/c1-13(2)12-20-16-10-9-15(11-14(16)3)19-22-18(6,7)17(4,5)21-8/h9-11,13,20H,12H2,1-8H3. The molecule has 0 aromatic heterocycles. The highest BCUT2D eigenvalue weighted by Gasteiger charge is 2.37. The van der Waals surface area contributed by atoms with E-state index in [4.69, 9.17) is 9.39 Å². The zero-order valence-electron chi connectivity index (χ0n) is 15.4. The molecule has 0 amide bonds. The fraction of sp³-hybridized carbons (Fsp3) is 0.667. The molecular weight excluding hydrogens is 273 g/mol. The minimum Gasteiger partial charge on any atom is -0.427 e. The van der Waals surface area contributed by atoms with Crippen LogP contribution in [-0.2, 0) is 9.39 Å². The molecule has 0 saturated carbocycles. The lowest BCUT2D eigenvalue weighted by Crippen LogP contribution is -2.50. The summed E-state index contributed by atoms with van der Waals surface area (Å²) in [7, 11) is 3.53. The maximum atomic E-state index is 5.99. The van der Waals surface area contributed by atoms with Crippen LogP contribution >= 0.6 is 0 Å². The van der Waals surface area contributed by atoms with Crippen LogP contribution in [0.1, 0.15) is 47.1 Å². The summed E-state index contributed by atoms with van der Waals surface area (Å²) in [6.07, 6.45) is 0. The molecule has 0 atom stereocenters. The van der Waals surface area contributed by atoms with Gasteiger partial charge in [-0.3, -0.25) is 0 Å². The molecule has 4 heteroatoms. The van der Waals surface area contributed by atoms with Gasteiger partial charge in [-0.25, -0.2) is 0 Å². The average Bonchev–Trinajstić information content (AvgIpc) is 2.43. The topological polar surface area (TPSA) is 30.5 Å². The Morgan fingerprint density at radius 1 is 1.14 bits per heavy atom. The van der Waals surface area contributed by atoms with Gasteiger partial charge in [0, 0.05) is 19.3 Å². The second kappa shape index (κ2) is 7.52. The van der Waals surface area contributed by atoms with E-state index in [9.17, 15) is 0 Å². The van der Waals surface area contributed by atoms with Gasteiger partial charge in [0.2, 0.25) is 0 Å². The molecule has 1 radical (unpaired) electrons. The monoisotopic (exact) mass is 304 g/mol. The first-order valence-electron chi connectivity index (χ1n) is 8.00. The van der Waals surface area contributed by atoms with Gasteiger partial charge in [-0.15, -0.1) is 0 Å². The Bertz CT molecular complexity index is 484. The maximum absolute atomic E-state index is 5.99. The van der Waals surface area contributed by atoms with Crippen molar-refractivity contribution in [1.82, 2.24) is 0 Å². The second-order valence-corrected chi connectivity index (χ2v) is 7.31. The average molecular weight is 304 g/mol. The Hall–Kier alpha value is -0.995. The van der Waals surface area contributed by atoms with E-state index in [0.717, 1.165) is 12.0 Å². The highest BCUT2D eigenvalue weighted by atomic mass is 16.5. The van der Waals surface area contributed by atoms with Crippen LogP contribution in [-0.4, -0.2) is 32.3 Å². The Labute approximate surface area is 137 Å². The minimum atomic E-state index is -0.412. The molecule has 0 bridgehead atoms. The zero-order valence-corrected chi connectivity index (χ0v) is 15.4. The SMILES string of the molecule is COC(C)(C)C(C)(C)O[B]c1ccc(NCC(C)C)c(C)c1.